The number of hydrogen-bond acceptors (Lipinski definition) is 4. The van der Waals surface area contributed by atoms with Crippen molar-refractivity contribution < 1.29 is 14.3 Å². The summed E-state index contributed by atoms with van der Waals surface area (Å²) in [4.78, 5) is 27.6. The maximum Gasteiger partial charge on any atom is 0.310 e. The maximum atomic E-state index is 13.2. The van der Waals surface area contributed by atoms with Gasteiger partial charge >= 0.3 is 5.97 Å². The summed E-state index contributed by atoms with van der Waals surface area (Å²) in [5.74, 6) is -0.440. The van der Waals surface area contributed by atoms with Crippen molar-refractivity contribution in [2.45, 2.75) is 32.7 Å². The lowest BCUT2D eigenvalue weighted by Gasteiger charge is -2.36. The lowest BCUT2D eigenvalue weighted by atomic mass is 9.94. The van der Waals surface area contributed by atoms with Crippen LogP contribution in [0.3, 0.4) is 0 Å². The molecule has 1 N–H and O–H groups in total. The molecule has 0 aromatic heterocycles. The number of benzene rings is 2. The summed E-state index contributed by atoms with van der Waals surface area (Å²) in [6.07, 6.45) is 1.67. The molecule has 3 rings (SSSR count). The Hall–Kier alpha value is -2.66. The molecule has 0 unspecified atom stereocenters. The van der Waals surface area contributed by atoms with E-state index in [1.807, 2.05) is 68.4 Å². The molecule has 1 saturated heterocycles. The van der Waals surface area contributed by atoms with E-state index in [0.717, 1.165) is 36.2 Å². The van der Waals surface area contributed by atoms with Crippen molar-refractivity contribution in [3.05, 3.63) is 65.7 Å². The van der Waals surface area contributed by atoms with Gasteiger partial charge < -0.3 is 10.1 Å². The molecule has 0 saturated carbocycles. The third-order valence-electron chi connectivity index (χ3n) is 5.12. The van der Waals surface area contributed by atoms with Crippen LogP contribution in [-0.2, 0) is 14.3 Å². The normalized spacial score (nSPS) is 18.3. The molecule has 0 spiro atoms. The Labute approximate surface area is 166 Å². The average Bonchev–Trinajstić information content (AvgIpc) is 2.71. The maximum absolute atomic E-state index is 13.2. The number of hydrogen-bond donors (Lipinski definition) is 1. The Morgan fingerprint density at radius 3 is 2.54 bits per heavy atom. The van der Waals surface area contributed by atoms with Crippen molar-refractivity contribution in [2.75, 3.05) is 25.0 Å². The molecule has 5 heteroatoms. The quantitative estimate of drug-likeness (QED) is 0.771. The predicted octanol–water partition coefficient (Wildman–Crippen LogP) is 3.95. The van der Waals surface area contributed by atoms with Gasteiger partial charge in [0.1, 0.15) is 6.04 Å². The van der Waals surface area contributed by atoms with E-state index in [0.29, 0.717) is 13.2 Å². The number of anilines is 1. The summed E-state index contributed by atoms with van der Waals surface area (Å²) in [5, 5.41) is 3.04. The minimum Gasteiger partial charge on any atom is -0.466 e. The zero-order valence-corrected chi connectivity index (χ0v) is 16.6. The third-order valence-corrected chi connectivity index (χ3v) is 5.12. The van der Waals surface area contributed by atoms with Gasteiger partial charge in [0, 0.05) is 12.2 Å². The molecular weight excluding hydrogens is 352 g/mol. The van der Waals surface area contributed by atoms with E-state index < -0.39 is 6.04 Å². The van der Waals surface area contributed by atoms with Crippen LogP contribution in [0, 0.1) is 12.8 Å². The first kappa shape index (κ1) is 20.1. The molecule has 0 aliphatic carbocycles. The van der Waals surface area contributed by atoms with Gasteiger partial charge in [-0.15, -0.1) is 0 Å². The van der Waals surface area contributed by atoms with Gasteiger partial charge in [0.05, 0.1) is 12.5 Å². The van der Waals surface area contributed by atoms with Crippen molar-refractivity contribution in [3.8, 4) is 0 Å². The van der Waals surface area contributed by atoms with E-state index in [4.69, 9.17) is 4.74 Å². The van der Waals surface area contributed by atoms with Crippen molar-refractivity contribution in [1.29, 1.82) is 0 Å². The number of aryl methyl sites for hydroxylation is 1. The Bertz CT molecular complexity index is 789. The highest BCUT2D eigenvalue weighted by Crippen LogP contribution is 2.29. The van der Waals surface area contributed by atoms with Crippen molar-refractivity contribution in [2.24, 2.45) is 5.92 Å². The average molecular weight is 380 g/mol. The zero-order chi connectivity index (χ0) is 19.9. The van der Waals surface area contributed by atoms with Gasteiger partial charge in [-0.1, -0.05) is 48.0 Å². The predicted molar refractivity (Wildman–Crippen MR) is 110 cm³/mol. The molecule has 1 fully saturated rings. The number of esters is 1. The van der Waals surface area contributed by atoms with Gasteiger partial charge in [0.2, 0.25) is 5.91 Å². The van der Waals surface area contributed by atoms with Crippen LogP contribution in [0.5, 0.6) is 0 Å². The first-order chi connectivity index (χ1) is 13.6. The second-order valence-electron chi connectivity index (χ2n) is 7.25. The van der Waals surface area contributed by atoms with Gasteiger partial charge in [-0.3, -0.25) is 14.5 Å². The summed E-state index contributed by atoms with van der Waals surface area (Å²) in [6.45, 7) is 5.52. The summed E-state index contributed by atoms with van der Waals surface area (Å²) >= 11 is 0. The summed E-state index contributed by atoms with van der Waals surface area (Å²) in [5.41, 5.74) is 2.85. The number of carbonyl (C=O) groups excluding carboxylic acids is 2. The van der Waals surface area contributed by atoms with Crippen LogP contribution in [0.25, 0.3) is 0 Å². The zero-order valence-electron chi connectivity index (χ0n) is 16.6. The molecule has 1 aliphatic heterocycles. The molecule has 2 aromatic rings. The number of rotatable bonds is 6. The molecule has 0 radical (unpaired) electrons. The number of nitrogens with zero attached hydrogens (tertiary/aromatic N) is 1. The number of piperidine rings is 1. The molecule has 148 valence electrons. The van der Waals surface area contributed by atoms with Gasteiger partial charge in [-0.2, -0.15) is 0 Å². The van der Waals surface area contributed by atoms with Gasteiger partial charge in [0.25, 0.3) is 0 Å². The highest BCUT2D eigenvalue weighted by atomic mass is 16.5. The first-order valence-electron chi connectivity index (χ1n) is 9.91. The molecule has 28 heavy (non-hydrogen) atoms. The van der Waals surface area contributed by atoms with Gasteiger partial charge in [-0.05, 0) is 50.9 Å². The van der Waals surface area contributed by atoms with Crippen LogP contribution in [0.15, 0.2) is 54.6 Å². The number of carbonyl (C=O) groups is 2. The number of amides is 1. The van der Waals surface area contributed by atoms with Gasteiger partial charge in [-0.25, -0.2) is 0 Å². The van der Waals surface area contributed by atoms with Crippen LogP contribution < -0.4 is 5.32 Å². The van der Waals surface area contributed by atoms with E-state index in [1.54, 1.807) is 0 Å². The first-order valence-corrected chi connectivity index (χ1v) is 9.91. The summed E-state index contributed by atoms with van der Waals surface area (Å²) in [6, 6.07) is 17.1. The van der Waals surface area contributed by atoms with E-state index in [1.165, 1.54) is 0 Å². The fourth-order valence-electron chi connectivity index (χ4n) is 3.70. The molecule has 1 amide bonds. The monoisotopic (exact) mass is 380 g/mol. The molecule has 1 heterocycles. The second-order valence-corrected chi connectivity index (χ2v) is 7.25. The van der Waals surface area contributed by atoms with Crippen LogP contribution in [0.1, 0.15) is 36.9 Å². The van der Waals surface area contributed by atoms with Crippen molar-refractivity contribution in [1.82, 2.24) is 4.90 Å². The number of ether oxygens (including phenoxy) is 1. The van der Waals surface area contributed by atoms with Crippen molar-refractivity contribution in [3.63, 3.8) is 0 Å². The molecule has 0 bridgehead atoms. The lowest BCUT2D eigenvalue weighted by molar-refractivity contribution is -0.151. The topological polar surface area (TPSA) is 58.6 Å². The molecule has 5 nitrogen and oxygen atoms in total. The summed E-state index contributed by atoms with van der Waals surface area (Å²) < 4.78 is 5.22. The van der Waals surface area contributed by atoms with E-state index in [-0.39, 0.29) is 17.8 Å². The molecule has 1 aliphatic rings. The largest absolute Gasteiger partial charge is 0.466 e. The minimum absolute atomic E-state index is 0.0837. The molecular formula is C23H28N2O3. The van der Waals surface area contributed by atoms with Crippen molar-refractivity contribution >= 4 is 17.6 Å². The van der Waals surface area contributed by atoms with Crippen LogP contribution >= 0.6 is 0 Å². The highest BCUT2D eigenvalue weighted by molar-refractivity contribution is 5.95. The number of nitrogens with one attached hydrogen (secondary N) is 1. The molecule has 2 atom stereocenters. The van der Waals surface area contributed by atoms with E-state index in [9.17, 15) is 9.59 Å². The van der Waals surface area contributed by atoms with Crippen LogP contribution in [0.2, 0.25) is 0 Å². The van der Waals surface area contributed by atoms with Crippen LogP contribution in [0.4, 0.5) is 5.69 Å². The van der Waals surface area contributed by atoms with E-state index in [2.05, 4.69) is 10.2 Å². The smallest absolute Gasteiger partial charge is 0.310 e. The number of likely N-dealkylation sites (tertiary alicyclic amines) is 1. The Kier molecular flexibility index (Phi) is 6.82. The fourth-order valence-corrected chi connectivity index (χ4v) is 3.70. The Morgan fingerprint density at radius 2 is 1.86 bits per heavy atom. The SMILES string of the molecule is CCOC(=O)[C@H]1CCCN([C@@H](C(=O)Nc2ccc(C)cc2)c2ccccc2)C1. The minimum atomic E-state index is -0.445. The fraction of sp³-hybridized carbons (Fsp3) is 0.391. The van der Waals surface area contributed by atoms with Crippen LogP contribution in [-0.4, -0.2) is 36.5 Å². The third kappa shape index (κ3) is 4.98. The highest BCUT2D eigenvalue weighted by Gasteiger charge is 2.34. The standard InChI is InChI=1S/C23H28N2O3/c1-3-28-23(27)19-10-7-15-25(16-19)21(18-8-5-4-6-9-18)22(26)24-20-13-11-17(2)12-14-20/h4-6,8-9,11-14,19,21H,3,7,10,15-16H2,1-2H3,(H,24,26)/t19-,21+/m0/s1. The molecule has 2 aromatic carbocycles. The second kappa shape index (κ2) is 9.51. The van der Waals surface area contributed by atoms with E-state index >= 15 is 0 Å². The summed E-state index contributed by atoms with van der Waals surface area (Å²) in [7, 11) is 0. The Morgan fingerprint density at radius 1 is 1.14 bits per heavy atom. The Balaban J connectivity index is 1.81. The lowest BCUT2D eigenvalue weighted by Crippen LogP contribution is -2.45. The van der Waals surface area contributed by atoms with Gasteiger partial charge in [0.15, 0.2) is 0 Å².